The molecule has 0 unspecified atom stereocenters. The summed E-state index contributed by atoms with van der Waals surface area (Å²) in [5.74, 6) is -0.154. The van der Waals surface area contributed by atoms with E-state index in [0.717, 1.165) is 0 Å². The Morgan fingerprint density at radius 2 is 2.21 bits per heavy atom. The molecule has 1 aromatic rings. The van der Waals surface area contributed by atoms with Crippen molar-refractivity contribution >= 4 is 49.1 Å². The first kappa shape index (κ1) is 14.5. The van der Waals surface area contributed by atoms with Crippen LogP contribution in [0.15, 0.2) is 33.1 Å². The Hall–Kier alpha value is -0.890. The van der Waals surface area contributed by atoms with Gasteiger partial charge in [0.25, 0.3) is 0 Å². The third kappa shape index (κ3) is 3.17. The fourth-order valence-corrected chi connectivity index (χ4v) is 3.94. The first-order valence-electron chi connectivity index (χ1n) is 5.25. The number of rotatable bonds is 4. The molecule has 2 N–H and O–H groups in total. The molecule has 0 aromatic heterocycles. The summed E-state index contributed by atoms with van der Waals surface area (Å²) in [5.41, 5.74) is 1.27. The molecular weight excluding hydrogens is 356 g/mol. The number of sulfonamides is 1. The van der Waals surface area contributed by atoms with Crippen LogP contribution in [-0.2, 0) is 21.2 Å². The van der Waals surface area contributed by atoms with Crippen molar-refractivity contribution < 1.29 is 13.2 Å². The van der Waals surface area contributed by atoms with Gasteiger partial charge in [-0.25, -0.2) is 13.1 Å². The minimum atomic E-state index is -3.71. The number of hydrogen-bond donors (Lipinski definition) is 2. The highest BCUT2D eigenvalue weighted by molar-refractivity contribution is 9.10. The SMILES string of the molecule is C=C(Cl)CNS(=O)(=O)c1cc2c(cc1Br)NC(=O)C2. The van der Waals surface area contributed by atoms with Gasteiger partial charge < -0.3 is 5.32 Å². The lowest BCUT2D eigenvalue weighted by Crippen LogP contribution is -2.25. The number of benzene rings is 1. The van der Waals surface area contributed by atoms with E-state index in [-0.39, 0.29) is 28.8 Å². The van der Waals surface area contributed by atoms with E-state index in [2.05, 4.69) is 32.5 Å². The summed E-state index contributed by atoms with van der Waals surface area (Å²) in [7, 11) is -3.71. The van der Waals surface area contributed by atoms with Crippen LogP contribution in [0.25, 0.3) is 0 Å². The molecule has 0 atom stereocenters. The maximum Gasteiger partial charge on any atom is 0.242 e. The lowest BCUT2D eigenvalue weighted by molar-refractivity contribution is -0.115. The average Bonchev–Trinajstić information content (AvgIpc) is 2.64. The van der Waals surface area contributed by atoms with Crippen molar-refractivity contribution in [1.82, 2.24) is 4.72 Å². The van der Waals surface area contributed by atoms with Gasteiger partial charge in [-0.05, 0) is 33.6 Å². The van der Waals surface area contributed by atoms with Gasteiger partial charge in [0.2, 0.25) is 15.9 Å². The topological polar surface area (TPSA) is 75.3 Å². The number of fused-ring (bicyclic) bond motifs is 1. The Bertz CT molecular complexity index is 673. The third-order valence-electron chi connectivity index (χ3n) is 2.53. The average molecular weight is 366 g/mol. The second-order valence-electron chi connectivity index (χ2n) is 4.01. The van der Waals surface area contributed by atoms with Gasteiger partial charge in [0.1, 0.15) is 0 Å². The van der Waals surface area contributed by atoms with Crippen molar-refractivity contribution in [3.05, 3.63) is 33.8 Å². The highest BCUT2D eigenvalue weighted by atomic mass is 79.9. The highest BCUT2D eigenvalue weighted by Crippen LogP contribution is 2.32. The Balaban J connectivity index is 2.38. The minimum Gasteiger partial charge on any atom is -0.325 e. The summed E-state index contributed by atoms with van der Waals surface area (Å²) in [6.07, 6.45) is 0.174. The van der Waals surface area contributed by atoms with Crippen molar-refractivity contribution in [1.29, 1.82) is 0 Å². The largest absolute Gasteiger partial charge is 0.325 e. The molecule has 1 amide bonds. The van der Waals surface area contributed by atoms with E-state index in [1.807, 2.05) is 0 Å². The predicted octanol–water partition coefficient (Wildman–Crippen LogP) is 1.97. The molecule has 0 fully saturated rings. The monoisotopic (exact) mass is 364 g/mol. The molecule has 1 aliphatic heterocycles. The third-order valence-corrected chi connectivity index (χ3v) is 5.02. The van der Waals surface area contributed by atoms with E-state index < -0.39 is 10.0 Å². The fraction of sp³-hybridized carbons (Fsp3) is 0.182. The molecule has 0 radical (unpaired) electrons. The van der Waals surface area contributed by atoms with Crippen molar-refractivity contribution in [2.45, 2.75) is 11.3 Å². The molecule has 5 nitrogen and oxygen atoms in total. The number of halogens is 2. The smallest absolute Gasteiger partial charge is 0.242 e. The van der Waals surface area contributed by atoms with Crippen LogP contribution in [-0.4, -0.2) is 20.9 Å². The Morgan fingerprint density at radius 3 is 2.84 bits per heavy atom. The summed E-state index contributed by atoms with van der Waals surface area (Å²) in [6, 6.07) is 3.04. The molecule has 19 heavy (non-hydrogen) atoms. The molecule has 0 saturated heterocycles. The molecule has 0 spiro atoms. The number of amides is 1. The zero-order valence-electron chi connectivity index (χ0n) is 9.66. The van der Waals surface area contributed by atoms with Gasteiger partial charge in [-0.2, -0.15) is 0 Å². The Kier molecular flexibility index (Phi) is 4.00. The minimum absolute atomic E-state index is 0.0510. The summed E-state index contributed by atoms with van der Waals surface area (Å²) in [5, 5.41) is 2.84. The first-order chi connectivity index (χ1) is 8.79. The van der Waals surface area contributed by atoms with Crippen LogP contribution in [0.1, 0.15) is 5.56 Å². The highest BCUT2D eigenvalue weighted by Gasteiger charge is 2.24. The number of carbonyl (C=O) groups is 1. The van der Waals surface area contributed by atoms with Gasteiger partial charge in [-0.3, -0.25) is 4.79 Å². The number of carbonyl (C=O) groups excluding carboxylic acids is 1. The summed E-state index contributed by atoms with van der Waals surface area (Å²) in [4.78, 5) is 11.3. The van der Waals surface area contributed by atoms with E-state index in [0.29, 0.717) is 15.7 Å². The van der Waals surface area contributed by atoms with Gasteiger partial charge in [0, 0.05) is 21.7 Å². The molecule has 102 valence electrons. The lowest BCUT2D eigenvalue weighted by atomic mass is 10.2. The molecule has 1 heterocycles. The Labute approximate surface area is 124 Å². The van der Waals surface area contributed by atoms with E-state index in [4.69, 9.17) is 11.6 Å². The van der Waals surface area contributed by atoms with Gasteiger partial charge in [-0.1, -0.05) is 18.2 Å². The first-order valence-corrected chi connectivity index (χ1v) is 7.90. The molecule has 0 bridgehead atoms. The standard InChI is InChI=1S/C11H10BrClN2O3S/c1-6(13)5-14-19(17,18)10-2-7-3-11(16)15-9(7)4-8(10)12/h2,4,14H,1,3,5H2,(H,15,16). The van der Waals surface area contributed by atoms with Gasteiger partial charge >= 0.3 is 0 Å². The van der Waals surface area contributed by atoms with E-state index >= 15 is 0 Å². The zero-order chi connectivity index (χ0) is 14.2. The van der Waals surface area contributed by atoms with Crippen LogP contribution in [0.5, 0.6) is 0 Å². The van der Waals surface area contributed by atoms with Crippen molar-refractivity contribution in [3.63, 3.8) is 0 Å². The molecule has 0 saturated carbocycles. The normalized spacial score (nSPS) is 14.1. The lowest BCUT2D eigenvalue weighted by Gasteiger charge is -2.09. The second-order valence-corrected chi connectivity index (χ2v) is 7.13. The van der Waals surface area contributed by atoms with E-state index in [1.165, 1.54) is 6.07 Å². The van der Waals surface area contributed by atoms with Crippen molar-refractivity contribution in [2.75, 3.05) is 11.9 Å². The predicted molar refractivity (Wildman–Crippen MR) is 76.7 cm³/mol. The quantitative estimate of drug-likeness (QED) is 0.856. The van der Waals surface area contributed by atoms with Crippen LogP contribution in [0.2, 0.25) is 0 Å². The second kappa shape index (κ2) is 5.24. The number of anilines is 1. The molecule has 8 heteroatoms. The van der Waals surface area contributed by atoms with Crippen LogP contribution < -0.4 is 10.0 Å². The van der Waals surface area contributed by atoms with E-state index in [9.17, 15) is 13.2 Å². The maximum atomic E-state index is 12.1. The summed E-state index contributed by atoms with van der Waals surface area (Å²) >= 11 is 8.72. The van der Waals surface area contributed by atoms with Crippen molar-refractivity contribution in [3.8, 4) is 0 Å². The summed E-state index contributed by atoms with van der Waals surface area (Å²) in [6.45, 7) is 3.36. The van der Waals surface area contributed by atoms with Crippen LogP contribution >= 0.6 is 27.5 Å². The maximum absolute atomic E-state index is 12.1. The van der Waals surface area contributed by atoms with Crippen molar-refractivity contribution in [2.24, 2.45) is 0 Å². The van der Waals surface area contributed by atoms with Crippen LogP contribution in [0, 0.1) is 0 Å². The van der Waals surface area contributed by atoms with Gasteiger partial charge in [0.15, 0.2) is 0 Å². The number of hydrogen-bond acceptors (Lipinski definition) is 3. The Morgan fingerprint density at radius 1 is 1.53 bits per heavy atom. The fourth-order valence-electron chi connectivity index (χ4n) is 1.68. The van der Waals surface area contributed by atoms with Crippen LogP contribution in [0.4, 0.5) is 5.69 Å². The van der Waals surface area contributed by atoms with Gasteiger partial charge in [-0.15, -0.1) is 0 Å². The molecule has 2 rings (SSSR count). The number of nitrogens with one attached hydrogen (secondary N) is 2. The molecular formula is C11H10BrClN2O3S. The van der Waals surface area contributed by atoms with Crippen LogP contribution in [0.3, 0.4) is 0 Å². The molecule has 1 aromatic carbocycles. The zero-order valence-corrected chi connectivity index (χ0v) is 12.8. The van der Waals surface area contributed by atoms with E-state index in [1.54, 1.807) is 6.07 Å². The van der Waals surface area contributed by atoms with Gasteiger partial charge in [0.05, 0.1) is 11.3 Å². The molecule has 1 aliphatic rings. The molecule has 0 aliphatic carbocycles. The summed E-state index contributed by atoms with van der Waals surface area (Å²) < 4.78 is 26.9.